The Morgan fingerprint density at radius 3 is 2.30 bits per heavy atom. The highest BCUT2D eigenvalue weighted by Crippen LogP contribution is 2.27. The molecule has 20 heavy (non-hydrogen) atoms. The van der Waals surface area contributed by atoms with Crippen LogP contribution in [0.15, 0.2) is 46.9 Å². The molecule has 4 heteroatoms. The molecule has 2 nitrogen and oxygen atoms in total. The van der Waals surface area contributed by atoms with E-state index in [1.165, 1.54) is 6.07 Å². The zero-order chi connectivity index (χ0) is 14.7. The topological polar surface area (TPSA) is 32.3 Å². The number of benzene rings is 2. The number of nitrogens with one attached hydrogen (secondary N) is 1. The van der Waals surface area contributed by atoms with Crippen LogP contribution in [-0.4, -0.2) is 5.11 Å². The van der Waals surface area contributed by atoms with E-state index < -0.39 is 5.82 Å². The van der Waals surface area contributed by atoms with Crippen molar-refractivity contribution in [2.75, 3.05) is 0 Å². The predicted octanol–water partition coefficient (Wildman–Crippen LogP) is 4.71. The van der Waals surface area contributed by atoms with Crippen molar-refractivity contribution in [3.05, 3.63) is 63.9 Å². The van der Waals surface area contributed by atoms with Gasteiger partial charge in [-0.15, -0.1) is 0 Å². The molecule has 2 rings (SSSR count). The van der Waals surface area contributed by atoms with Gasteiger partial charge in [-0.05, 0) is 37.6 Å². The molecule has 0 aliphatic carbocycles. The smallest absolute Gasteiger partial charge is 0.126 e. The summed E-state index contributed by atoms with van der Waals surface area (Å²) in [4.78, 5) is 0. The fourth-order valence-corrected chi connectivity index (χ4v) is 2.46. The Hall–Kier alpha value is -1.39. The molecular formula is C16H17BrFNO. The van der Waals surface area contributed by atoms with Gasteiger partial charge in [0.2, 0.25) is 0 Å². The summed E-state index contributed by atoms with van der Waals surface area (Å²) in [7, 11) is 0. The van der Waals surface area contributed by atoms with Crippen molar-refractivity contribution in [1.82, 2.24) is 5.32 Å². The third kappa shape index (κ3) is 3.58. The summed E-state index contributed by atoms with van der Waals surface area (Å²) >= 11 is 3.41. The van der Waals surface area contributed by atoms with Crippen LogP contribution < -0.4 is 5.32 Å². The van der Waals surface area contributed by atoms with Crippen molar-refractivity contribution in [2.45, 2.75) is 25.9 Å². The van der Waals surface area contributed by atoms with Crippen LogP contribution >= 0.6 is 15.9 Å². The predicted molar refractivity (Wildman–Crippen MR) is 82.2 cm³/mol. The minimum Gasteiger partial charge on any atom is -0.508 e. The van der Waals surface area contributed by atoms with Gasteiger partial charge >= 0.3 is 0 Å². The molecule has 2 aromatic carbocycles. The molecular weight excluding hydrogens is 321 g/mol. The third-order valence-electron chi connectivity index (χ3n) is 3.33. The van der Waals surface area contributed by atoms with E-state index in [1.807, 2.05) is 31.2 Å². The first-order valence-electron chi connectivity index (χ1n) is 6.47. The van der Waals surface area contributed by atoms with Crippen LogP contribution in [0.25, 0.3) is 0 Å². The Labute approximate surface area is 126 Å². The molecule has 0 fully saturated rings. The van der Waals surface area contributed by atoms with Crippen molar-refractivity contribution in [3.63, 3.8) is 0 Å². The number of halogens is 2. The van der Waals surface area contributed by atoms with Gasteiger partial charge in [0.15, 0.2) is 0 Å². The lowest BCUT2D eigenvalue weighted by atomic mass is 10.0. The first-order valence-corrected chi connectivity index (χ1v) is 7.26. The van der Waals surface area contributed by atoms with Gasteiger partial charge in [0.1, 0.15) is 11.6 Å². The molecule has 2 aromatic rings. The van der Waals surface area contributed by atoms with E-state index in [9.17, 15) is 9.50 Å². The van der Waals surface area contributed by atoms with E-state index >= 15 is 0 Å². The zero-order valence-electron chi connectivity index (χ0n) is 11.4. The highest BCUT2D eigenvalue weighted by atomic mass is 79.9. The highest BCUT2D eigenvalue weighted by molar-refractivity contribution is 9.10. The van der Waals surface area contributed by atoms with Crippen LogP contribution in [-0.2, 0) is 0 Å². The molecule has 0 radical (unpaired) electrons. The number of hydrogen-bond acceptors (Lipinski definition) is 2. The summed E-state index contributed by atoms with van der Waals surface area (Å²) in [5, 5.41) is 13.2. The summed E-state index contributed by atoms with van der Waals surface area (Å²) < 4.78 is 14.0. The average molecular weight is 338 g/mol. The molecule has 0 aliphatic rings. The molecule has 0 aromatic heterocycles. The molecule has 106 valence electrons. The SMILES string of the molecule is CC(N[C@H](C)c1ccc(Br)cc1)c1ccc(F)cc1O. The van der Waals surface area contributed by atoms with Gasteiger partial charge in [-0.1, -0.05) is 34.1 Å². The fourth-order valence-electron chi connectivity index (χ4n) is 2.20. The van der Waals surface area contributed by atoms with Gasteiger partial charge in [-0.3, -0.25) is 0 Å². The van der Waals surface area contributed by atoms with Crippen molar-refractivity contribution in [2.24, 2.45) is 0 Å². The molecule has 2 N–H and O–H groups in total. The minimum absolute atomic E-state index is 0.0204. The van der Waals surface area contributed by atoms with Crippen LogP contribution in [0.4, 0.5) is 4.39 Å². The van der Waals surface area contributed by atoms with E-state index in [1.54, 1.807) is 6.07 Å². The molecule has 0 aliphatic heterocycles. The normalized spacial score (nSPS) is 14.0. The number of hydrogen-bond donors (Lipinski definition) is 2. The number of phenols is 1. The lowest BCUT2D eigenvalue weighted by molar-refractivity contribution is 0.434. The van der Waals surface area contributed by atoms with E-state index in [2.05, 4.69) is 28.2 Å². The van der Waals surface area contributed by atoms with Gasteiger partial charge < -0.3 is 10.4 Å². The lowest BCUT2D eigenvalue weighted by Gasteiger charge is -2.21. The average Bonchev–Trinajstić information content (AvgIpc) is 2.39. The lowest BCUT2D eigenvalue weighted by Crippen LogP contribution is -2.22. The Morgan fingerprint density at radius 1 is 1.05 bits per heavy atom. The van der Waals surface area contributed by atoms with E-state index in [4.69, 9.17) is 0 Å². The number of rotatable bonds is 4. The van der Waals surface area contributed by atoms with Crippen molar-refractivity contribution < 1.29 is 9.50 Å². The van der Waals surface area contributed by atoms with Gasteiger partial charge in [0, 0.05) is 28.2 Å². The van der Waals surface area contributed by atoms with Gasteiger partial charge in [0.25, 0.3) is 0 Å². The summed E-state index contributed by atoms with van der Waals surface area (Å²) in [6, 6.07) is 12.2. The van der Waals surface area contributed by atoms with Crippen molar-refractivity contribution in [1.29, 1.82) is 0 Å². The number of aromatic hydroxyl groups is 1. The van der Waals surface area contributed by atoms with E-state index in [-0.39, 0.29) is 17.8 Å². The Balaban J connectivity index is 2.10. The molecule has 0 spiro atoms. The summed E-state index contributed by atoms with van der Waals surface area (Å²) in [6.07, 6.45) is 0. The van der Waals surface area contributed by atoms with Crippen LogP contribution in [0.5, 0.6) is 5.75 Å². The second kappa shape index (κ2) is 6.37. The summed E-state index contributed by atoms with van der Waals surface area (Å²) in [5.74, 6) is -0.451. The molecule has 0 saturated carbocycles. The van der Waals surface area contributed by atoms with Crippen molar-refractivity contribution >= 4 is 15.9 Å². The monoisotopic (exact) mass is 337 g/mol. The largest absolute Gasteiger partial charge is 0.508 e. The zero-order valence-corrected chi connectivity index (χ0v) is 13.0. The molecule has 0 saturated heterocycles. The van der Waals surface area contributed by atoms with Gasteiger partial charge in [-0.25, -0.2) is 4.39 Å². The summed E-state index contributed by atoms with van der Waals surface area (Å²) in [5.41, 5.74) is 1.84. The number of phenolic OH excluding ortho intramolecular Hbond substituents is 1. The molecule has 0 heterocycles. The quantitative estimate of drug-likeness (QED) is 0.847. The van der Waals surface area contributed by atoms with Gasteiger partial charge in [-0.2, -0.15) is 0 Å². The second-order valence-corrected chi connectivity index (χ2v) is 5.78. The van der Waals surface area contributed by atoms with Crippen LogP contribution in [0.3, 0.4) is 0 Å². The second-order valence-electron chi connectivity index (χ2n) is 4.86. The highest BCUT2D eigenvalue weighted by Gasteiger charge is 2.14. The molecule has 0 bridgehead atoms. The van der Waals surface area contributed by atoms with Crippen LogP contribution in [0.1, 0.15) is 37.1 Å². The van der Waals surface area contributed by atoms with Gasteiger partial charge in [0.05, 0.1) is 0 Å². The van der Waals surface area contributed by atoms with Crippen LogP contribution in [0, 0.1) is 5.82 Å². The molecule has 1 unspecified atom stereocenters. The minimum atomic E-state index is -0.431. The van der Waals surface area contributed by atoms with Crippen LogP contribution in [0.2, 0.25) is 0 Å². The Kier molecular flexibility index (Phi) is 4.78. The fraction of sp³-hybridized carbons (Fsp3) is 0.250. The van der Waals surface area contributed by atoms with E-state index in [0.717, 1.165) is 16.1 Å². The maximum absolute atomic E-state index is 13.0. The Morgan fingerprint density at radius 2 is 1.70 bits per heavy atom. The maximum Gasteiger partial charge on any atom is 0.126 e. The Bertz CT molecular complexity index is 586. The van der Waals surface area contributed by atoms with E-state index in [0.29, 0.717) is 5.56 Å². The van der Waals surface area contributed by atoms with Crippen molar-refractivity contribution in [3.8, 4) is 5.75 Å². The standard InChI is InChI=1S/C16H17BrFNO/c1-10(12-3-5-13(17)6-4-12)19-11(2)15-8-7-14(18)9-16(15)20/h3-11,19-20H,1-2H3/t10-,11?/m1/s1. The molecule has 2 atom stereocenters. The maximum atomic E-state index is 13.0. The first-order chi connectivity index (χ1) is 9.47. The third-order valence-corrected chi connectivity index (χ3v) is 3.86. The first kappa shape index (κ1) is 15.0. The summed E-state index contributed by atoms with van der Waals surface area (Å²) in [6.45, 7) is 4.00. The molecule has 0 amide bonds.